The van der Waals surface area contributed by atoms with Crippen molar-refractivity contribution in [2.75, 3.05) is 39.4 Å². The second-order valence-electron chi connectivity index (χ2n) is 7.83. The summed E-state index contributed by atoms with van der Waals surface area (Å²) in [6.45, 7) is 4.26. The number of hydrogen-bond donors (Lipinski definition) is 1. The van der Waals surface area contributed by atoms with Crippen molar-refractivity contribution in [1.29, 1.82) is 0 Å². The van der Waals surface area contributed by atoms with Gasteiger partial charge in [0.2, 0.25) is 0 Å². The highest BCUT2D eigenvalue weighted by Gasteiger charge is 2.46. The Balaban J connectivity index is 1.68. The number of ketones is 1. The van der Waals surface area contributed by atoms with Crippen LogP contribution in [0.5, 0.6) is 0 Å². The lowest BCUT2D eigenvalue weighted by Gasteiger charge is -2.29. The molecule has 1 amide bonds. The monoisotopic (exact) mass is 474 g/mol. The summed E-state index contributed by atoms with van der Waals surface area (Å²) in [6.07, 6.45) is 0.689. The molecule has 2 saturated heterocycles. The van der Waals surface area contributed by atoms with Gasteiger partial charge in [-0.3, -0.25) is 14.5 Å². The van der Waals surface area contributed by atoms with E-state index in [1.165, 1.54) is 4.90 Å². The molecule has 2 aliphatic rings. The van der Waals surface area contributed by atoms with E-state index in [4.69, 9.17) is 27.9 Å². The van der Waals surface area contributed by atoms with Crippen molar-refractivity contribution < 1.29 is 19.4 Å². The van der Waals surface area contributed by atoms with Gasteiger partial charge in [-0.2, -0.15) is 0 Å². The fraction of sp³-hybridized carbons (Fsp3) is 0.333. The Morgan fingerprint density at radius 1 is 1.00 bits per heavy atom. The van der Waals surface area contributed by atoms with E-state index in [2.05, 4.69) is 4.90 Å². The molecular formula is C24H24Cl2N2O4. The normalized spacial score (nSPS) is 21.3. The van der Waals surface area contributed by atoms with E-state index in [9.17, 15) is 14.7 Å². The van der Waals surface area contributed by atoms with Gasteiger partial charge in [-0.25, -0.2) is 0 Å². The number of benzene rings is 2. The summed E-state index contributed by atoms with van der Waals surface area (Å²) in [7, 11) is 0. The Labute approximate surface area is 197 Å². The van der Waals surface area contributed by atoms with Crippen LogP contribution in [0, 0.1) is 0 Å². The standard InChI is InChI=1S/C24H24Cl2N2O4/c25-17-8-6-16(7-9-17)22(29)20-21(18-4-1-2-5-19(18)26)28(24(31)23(20)30)11-3-10-27-12-14-32-15-13-27/h1-2,4-9,21,29H,3,10-15H2/b22-20+/t21-/m0/s1. The lowest BCUT2D eigenvalue weighted by molar-refractivity contribution is -0.140. The Hall–Kier alpha value is -2.38. The fourth-order valence-corrected chi connectivity index (χ4v) is 4.55. The van der Waals surface area contributed by atoms with Crippen molar-refractivity contribution in [2.24, 2.45) is 0 Å². The van der Waals surface area contributed by atoms with Crippen molar-refractivity contribution in [3.8, 4) is 0 Å². The van der Waals surface area contributed by atoms with Gasteiger partial charge in [0.1, 0.15) is 5.76 Å². The van der Waals surface area contributed by atoms with Crippen LogP contribution in [0.15, 0.2) is 54.1 Å². The summed E-state index contributed by atoms with van der Waals surface area (Å²) in [5.74, 6) is -1.58. The average Bonchev–Trinajstić information content (AvgIpc) is 3.05. The minimum Gasteiger partial charge on any atom is -0.507 e. The number of rotatable bonds is 6. The second-order valence-corrected chi connectivity index (χ2v) is 8.67. The zero-order valence-electron chi connectivity index (χ0n) is 17.5. The predicted molar refractivity (Wildman–Crippen MR) is 124 cm³/mol. The molecule has 168 valence electrons. The molecule has 1 atom stereocenters. The molecule has 1 N–H and O–H groups in total. The van der Waals surface area contributed by atoms with Crippen LogP contribution in [-0.4, -0.2) is 66.0 Å². The number of aliphatic hydroxyl groups excluding tert-OH is 1. The van der Waals surface area contributed by atoms with Crippen molar-refractivity contribution >= 4 is 40.7 Å². The third-order valence-corrected chi connectivity index (χ3v) is 6.43. The third-order valence-electron chi connectivity index (χ3n) is 5.83. The zero-order valence-corrected chi connectivity index (χ0v) is 19.0. The number of aliphatic hydroxyl groups is 1. The molecule has 6 nitrogen and oxygen atoms in total. The maximum Gasteiger partial charge on any atom is 0.295 e. The number of hydrogen-bond acceptors (Lipinski definition) is 5. The predicted octanol–water partition coefficient (Wildman–Crippen LogP) is 4.14. The molecule has 0 saturated carbocycles. The largest absolute Gasteiger partial charge is 0.507 e. The number of amides is 1. The van der Waals surface area contributed by atoms with Crippen LogP contribution in [-0.2, 0) is 14.3 Å². The first-order chi connectivity index (χ1) is 15.5. The SMILES string of the molecule is O=C1C(=O)N(CCCN2CCOCC2)[C@@H](c2ccccc2Cl)/C1=C(\O)c1ccc(Cl)cc1. The van der Waals surface area contributed by atoms with E-state index in [0.717, 1.165) is 19.6 Å². The van der Waals surface area contributed by atoms with Gasteiger partial charge >= 0.3 is 0 Å². The first-order valence-corrected chi connectivity index (χ1v) is 11.3. The number of halogens is 2. The van der Waals surface area contributed by atoms with Crippen LogP contribution in [0.4, 0.5) is 0 Å². The zero-order chi connectivity index (χ0) is 22.7. The van der Waals surface area contributed by atoms with Crippen molar-refractivity contribution in [2.45, 2.75) is 12.5 Å². The van der Waals surface area contributed by atoms with Gasteiger partial charge in [-0.15, -0.1) is 0 Å². The minimum atomic E-state index is -0.760. The minimum absolute atomic E-state index is 0.0387. The fourth-order valence-electron chi connectivity index (χ4n) is 4.18. The number of likely N-dealkylation sites (tertiary alicyclic amines) is 1. The molecule has 2 fully saturated rings. The quantitative estimate of drug-likeness (QED) is 0.387. The van der Waals surface area contributed by atoms with Crippen LogP contribution in [0.25, 0.3) is 5.76 Å². The van der Waals surface area contributed by atoms with Gasteiger partial charge in [0.05, 0.1) is 24.8 Å². The van der Waals surface area contributed by atoms with Crippen molar-refractivity contribution in [1.82, 2.24) is 9.80 Å². The number of carbonyl (C=O) groups excluding carboxylic acids is 2. The molecule has 2 aromatic rings. The number of Topliss-reactive ketones (excluding diaryl/α,β-unsaturated/α-hetero) is 1. The van der Waals surface area contributed by atoms with Gasteiger partial charge in [0.15, 0.2) is 0 Å². The van der Waals surface area contributed by atoms with Crippen LogP contribution >= 0.6 is 23.2 Å². The lowest BCUT2D eigenvalue weighted by Crippen LogP contribution is -2.39. The molecular weight excluding hydrogens is 451 g/mol. The van der Waals surface area contributed by atoms with Gasteiger partial charge in [0, 0.05) is 41.8 Å². The molecule has 8 heteroatoms. The van der Waals surface area contributed by atoms with Gasteiger partial charge in [-0.05, 0) is 42.3 Å². The first kappa shape index (κ1) is 22.8. The van der Waals surface area contributed by atoms with E-state index in [0.29, 0.717) is 47.4 Å². The first-order valence-electron chi connectivity index (χ1n) is 10.6. The van der Waals surface area contributed by atoms with Crippen molar-refractivity contribution in [3.63, 3.8) is 0 Å². The molecule has 2 heterocycles. The smallest absolute Gasteiger partial charge is 0.295 e. The number of carbonyl (C=O) groups is 2. The Morgan fingerprint density at radius 3 is 2.38 bits per heavy atom. The van der Waals surface area contributed by atoms with Crippen LogP contribution in [0.2, 0.25) is 10.0 Å². The van der Waals surface area contributed by atoms with E-state index in [1.54, 1.807) is 48.5 Å². The number of nitrogens with zero attached hydrogens (tertiary/aromatic N) is 2. The van der Waals surface area contributed by atoms with Gasteiger partial charge in [0.25, 0.3) is 11.7 Å². The molecule has 0 spiro atoms. The molecule has 0 aliphatic carbocycles. The number of morpholine rings is 1. The van der Waals surface area contributed by atoms with Crippen LogP contribution in [0.3, 0.4) is 0 Å². The van der Waals surface area contributed by atoms with E-state index < -0.39 is 17.7 Å². The van der Waals surface area contributed by atoms with E-state index in [-0.39, 0.29) is 11.3 Å². The second kappa shape index (κ2) is 10.0. The summed E-state index contributed by atoms with van der Waals surface area (Å²) in [5, 5.41) is 12.0. The van der Waals surface area contributed by atoms with Crippen molar-refractivity contribution in [3.05, 3.63) is 75.3 Å². The summed E-state index contributed by atoms with van der Waals surface area (Å²) in [5.41, 5.74) is 1.06. The Kier molecular flexibility index (Phi) is 7.16. The molecule has 0 unspecified atom stereocenters. The molecule has 2 aromatic carbocycles. The topological polar surface area (TPSA) is 70.1 Å². The molecule has 4 rings (SSSR count). The highest BCUT2D eigenvalue weighted by atomic mass is 35.5. The summed E-state index contributed by atoms with van der Waals surface area (Å²) < 4.78 is 5.38. The maximum absolute atomic E-state index is 13.1. The summed E-state index contributed by atoms with van der Waals surface area (Å²) >= 11 is 12.4. The van der Waals surface area contributed by atoms with Crippen LogP contribution in [0.1, 0.15) is 23.6 Å². The molecule has 0 radical (unpaired) electrons. The Bertz CT molecular complexity index is 1030. The lowest BCUT2D eigenvalue weighted by atomic mass is 9.95. The highest BCUT2D eigenvalue weighted by molar-refractivity contribution is 6.47. The molecule has 32 heavy (non-hydrogen) atoms. The summed E-state index contributed by atoms with van der Waals surface area (Å²) in [4.78, 5) is 29.9. The maximum atomic E-state index is 13.1. The van der Waals surface area contributed by atoms with E-state index in [1.807, 2.05) is 0 Å². The van der Waals surface area contributed by atoms with Gasteiger partial charge in [-0.1, -0.05) is 41.4 Å². The Morgan fingerprint density at radius 2 is 1.69 bits per heavy atom. The average molecular weight is 475 g/mol. The molecule has 2 aliphatic heterocycles. The molecule has 0 bridgehead atoms. The highest BCUT2D eigenvalue weighted by Crippen LogP contribution is 2.41. The van der Waals surface area contributed by atoms with E-state index >= 15 is 0 Å². The van der Waals surface area contributed by atoms with Crippen LogP contribution < -0.4 is 0 Å². The third kappa shape index (κ3) is 4.69. The molecule has 0 aromatic heterocycles. The van der Waals surface area contributed by atoms with Gasteiger partial charge < -0.3 is 14.7 Å². The number of ether oxygens (including phenoxy) is 1. The summed E-state index contributed by atoms with van der Waals surface area (Å²) in [6, 6.07) is 12.8.